The van der Waals surface area contributed by atoms with Crippen LogP contribution in [0.3, 0.4) is 0 Å². The van der Waals surface area contributed by atoms with E-state index >= 15 is 0 Å². The van der Waals surface area contributed by atoms with Crippen LogP contribution in [-0.4, -0.2) is 11.6 Å². The van der Waals surface area contributed by atoms with E-state index in [9.17, 15) is 5.26 Å². The fourth-order valence-corrected chi connectivity index (χ4v) is 3.69. The molecule has 2 aliphatic rings. The van der Waals surface area contributed by atoms with E-state index < -0.39 is 0 Å². The van der Waals surface area contributed by atoms with E-state index in [1.54, 1.807) is 0 Å². The highest BCUT2D eigenvalue weighted by Gasteiger charge is 2.39. The van der Waals surface area contributed by atoms with E-state index in [-0.39, 0.29) is 5.54 Å². The first-order valence-electron chi connectivity index (χ1n) is 7.84. The summed E-state index contributed by atoms with van der Waals surface area (Å²) < 4.78 is 0. The van der Waals surface area contributed by atoms with Crippen LogP contribution in [-0.2, 0) is 0 Å². The minimum Gasteiger partial charge on any atom is -0.297 e. The third kappa shape index (κ3) is 3.26. The van der Waals surface area contributed by atoms with E-state index in [0.29, 0.717) is 12.0 Å². The van der Waals surface area contributed by atoms with E-state index in [4.69, 9.17) is 0 Å². The summed E-state index contributed by atoms with van der Waals surface area (Å²) in [5.41, 5.74) is -0.221. The van der Waals surface area contributed by atoms with Crippen molar-refractivity contribution in [3.8, 4) is 6.07 Å². The Morgan fingerprint density at radius 1 is 1.00 bits per heavy atom. The predicted octanol–water partition coefficient (Wildman–Crippen LogP) is 4.02. The molecule has 2 saturated carbocycles. The van der Waals surface area contributed by atoms with Gasteiger partial charge in [0.25, 0.3) is 0 Å². The van der Waals surface area contributed by atoms with Gasteiger partial charge in [0.2, 0.25) is 0 Å². The lowest BCUT2D eigenvalue weighted by molar-refractivity contribution is 0.166. The molecule has 18 heavy (non-hydrogen) atoms. The van der Waals surface area contributed by atoms with E-state index in [1.807, 2.05) is 0 Å². The Morgan fingerprint density at radius 3 is 2.22 bits per heavy atom. The minimum atomic E-state index is -0.221. The van der Waals surface area contributed by atoms with Gasteiger partial charge in [0.1, 0.15) is 5.54 Å². The molecule has 0 heterocycles. The lowest BCUT2D eigenvalue weighted by Crippen LogP contribution is -2.52. The summed E-state index contributed by atoms with van der Waals surface area (Å²) in [7, 11) is 0. The second-order valence-corrected chi connectivity index (χ2v) is 6.72. The standard InChI is InChI=1S/C16H28N2/c1-13-9-10-16(12-17,11-14(13)2)18-15-7-5-3-4-6-8-15/h13-15,18H,3-11H2,1-2H3. The lowest BCUT2D eigenvalue weighted by atomic mass is 9.71. The van der Waals surface area contributed by atoms with Crippen LogP contribution in [0.4, 0.5) is 0 Å². The zero-order valence-electron chi connectivity index (χ0n) is 12.0. The highest BCUT2D eigenvalue weighted by molar-refractivity contribution is 5.11. The average molecular weight is 248 g/mol. The molecule has 0 spiro atoms. The quantitative estimate of drug-likeness (QED) is 0.749. The van der Waals surface area contributed by atoms with Crippen LogP contribution in [0.2, 0.25) is 0 Å². The maximum atomic E-state index is 9.63. The van der Waals surface area contributed by atoms with Gasteiger partial charge in [-0.3, -0.25) is 5.32 Å². The minimum absolute atomic E-state index is 0.221. The van der Waals surface area contributed by atoms with Crippen LogP contribution < -0.4 is 5.32 Å². The van der Waals surface area contributed by atoms with Crippen molar-refractivity contribution in [3.63, 3.8) is 0 Å². The second-order valence-electron chi connectivity index (χ2n) is 6.72. The van der Waals surface area contributed by atoms with Crippen molar-refractivity contribution in [2.75, 3.05) is 0 Å². The zero-order valence-corrected chi connectivity index (χ0v) is 12.0. The van der Waals surface area contributed by atoms with Crippen molar-refractivity contribution in [2.24, 2.45) is 11.8 Å². The highest BCUT2D eigenvalue weighted by Crippen LogP contribution is 2.37. The fourth-order valence-electron chi connectivity index (χ4n) is 3.69. The maximum absolute atomic E-state index is 9.63. The summed E-state index contributed by atoms with van der Waals surface area (Å²) in [6.45, 7) is 4.64. The topological polar surface area (TPSA) is 35.8 Å². The summed E-state index contributed by atoms with van der Waals surface area (Å²) in [5, 5.41) is 13.4. The molecule has 102 valence electrons. The molecular formula is C16H28N2. The molecule has 1 N–H and O–H groups in total. The first-order chi connectivity index (χ1) is 8.65. The molecular weight excluding hydrogens is 220 g/mol. The van der Waals surface area contributed by atoms with Crippen molar-refractivity contribution in [3.05, 3.63) is 0 Å². The number of hydrogen-bond donors (Lipinski definition) is 1. The Kier molecular flexibility index (Phi) is 4.67. The van der Waals surface area contributed by atoms with Gasteiger partial charge < -0.3 is 0 Å². The summed E-state index contributed by atoms with van der Waals surface area (Å²) in [5.74, 6) is 1.46. The summed E-state index contributed by atoms with van der Waals surface area (Å²) in [6, 6.07) is 3.22. The summed E-state index contributed by atoms with van der Waals surface area (Å²) in [4.78, 5) is 0. The number of rotatable bonds is 2. The van der Waals surface area contributed by atoms with Crippen LogP contribution in [0.25, 0.3) is 0 Å². The Morgan fingerprint density at radius 2 is 1.67 bits per heavy atom. The van der Waals surface area contributed by atoms with Crippen LogP contribution in [0, 0.1) is 23.2 Å². The monoisotopic (exact) mass is 248 g/mol. The SMILES string of the molecule is CC1CCC(C#N)(NC2CCCCCC2)CC1C. The van der Waals surface area contributed by atoms with E-state index in [0.717, 1.165) is 18.8 Å². The molecule has 0 bridgehead atoms. The van der Waals surface area contributed by atoms with Crippen molar-refractivity contribution in [1.29, 1.82) is 5.26 Å². The van der Waals surface area contributed by atoms with Gasteiger partial charge in [0.15, 0.2) is 0 Å². The van der Waals surface area contributed by atoms with E-state index in [2.05, 4.69) is 25.2 Å². The Labute approximate surface area is 112 Å². The summed E-state index contributed by atoms with van der Waals surface area (Å²) >= 11 is 0. The predicted molar refractivity (Wildman–Crippen MR) is 75.1 cm³/mol. The molecule has 2 heteroatoms. The third-order valence-electron chi connectivity index (χ3n) is 5.22. The van der Waals surface area contributed by atoms with Crippen LogP contribution in [0.5, 0.6) is 0 Å². The van der Waals surface area contributed by atoms with Gasteiger partial charge in [0.05, 0.1) is 6.07 Å². The molecule has 2 rings (SSSR count). The molecule has 0 saturated heterocycles. The maximum Gasteiger partial charge on any atom is 0.107 e. The molecule has 3 unspecified atom stereocenters. The molecule has 0 amide bonds. The first kappa shape index (κ1) is 13.9. The highest BCUT2D eigenvalue weighted by atomic mass is 15.0. The molecule has 0 aromatic carbocycles. The normalized spacial score (nSPS) is 38.9. The van der Waals surface area contributed by atoms with Crippen molar-refractivity contribution >= 4 is 0 Å². The molecule has 2 aliphatic carbocycles. The van der Waals surface area contributed by atoms with Gasteiger partial charge in [0, 0.05) is 6.04 Å². The molecule has 2 fully saturated rings. The Bertz CT molecular complexity index is 299. The number of hydrogen-bond acceptors (Lipinski definition) is 2. The molecule has 0 aromatic rings. The third-order valence-corrected chi connectivity index (χ3v) is 5.22. The van der Waals surface area contributed by atoms with Gasteiger partial charge in [-0.05, 0) is 43.9 Å². The molecule has 0 aliphatic heterocycles. The van der Waals surface area contributed by atoms with Crippen LogP contribution in [0.15, 0.2) is 0 Å². The van der Waals surface area contributed by atoms with Crippen LogP contribution >= 0.6 is 0 Å². The number of nitrogens with one attached hydrogen (secondary N) is 1. The first-order valence-corrected chi connectivity index (χ1v) is 7.84. The molecule has 0 aromatic heterocycles. The average Bonchev–Trinajstić information content (AvgIpc) is 2.63. The van der Waals surface area contributed by atoms with Gasteiger partial charge in [-0.2, -0.15) is 5.26 Å². The number of nitriles is 1. The van der Waals surface area contributed by atoms with Gasteiger partial charge >= 0.3 is 0 Å². The second kappa shape index (κ2) is 6.06. The number of nitrogens with zero attached hydrogens (tertiary/aromatic N) is 1. The van der Waals surface area contributed by atoms with Crippen molar-refractivity contribution < 1.29 is 0 Å². The van der Waals surface area contributed by atoms with Crippen LogP contribution in [0.1, 0.15) is 71.6 Å². The molecule has 2 nitrogen and oxygen atoms in total. The van der Waals surface area contributed by atoms with E-state index in [1.165, 1.54) is 44.9 Å². The molecule has 0 radical (unpaired) electrons. The Balaban J connectivity index is 1.97. The Hall–Kier alpha value is -0.550. The van der Waals surface area contributed by atoms with Gasteiger partial charge in [-0.25, -0.2) is 0 Å². The van der Waals surface area contributed by atoms with Crippen molar-refractivity contribution in [1.82, 2.24) is 5.32 Å². The van der Waals surface area contributed by atoms with Gasteiger partial charge in [-0.1, -0.05) is 39.5 Å². The fraction of sp³-hybridized carbons (Fsp3) is 0.938. The van der Waals surface area contributed by atoms with Crippen molar-refractivity contribution in [2.45, 2.75) is 83.2 Å². The molecule has 3 atom stereocenters. The summed E-state index contributed by atoms with van der Waals surface area (Å²) in [6.07, 6.45) is 11.3. The van der Waals surface area contributed by atoms with Gasteiger partial charge in [-0.15, -0.1) is 0 Å². The largest absolute Gasteiger partial charge is 0.297 e. The lowest BCUT2D eigenvalue weighted by Gasteiger charge is -2.41. The zero-order chi connectivity index (χ0) is 13.0. The smallest absolute Gasteiger partial charge is 0.107 e.